The summed E-state index contributed by atoms with van der Waals surface area (Å²) in [6, 6.07) is 7.11. The molecule has 3 N–H and O–H groups in total. The van der Waals surface area contributed by atoms with Gasteiger partial charge in [0.15, 0.2) is 0 Å². The molecule has 94 valence electrons. The first kappa shape index (κ1) is 11.7. The van der Waals surface area contributed by atoms with Crippen LogP contribution in [-0.4, -0.2) is 14.7 Å². The Morgan fingerprint density at radius 3 is 3.06 bits per heavy atom. The number of fused-ring (bicyclic) bond motifs is 1. The van der Waals surface area contributed by atoms with Gasteiger partial charge in [-0.1, -0.05) is 12.1 Å². The fourth-order valence-electron chi connectivity index (χ4n) is 2.48. The Morgan fingerprint density at radius 2 is 2.28 bits per heavy atom. The predicted octanol–water partition coefficient (Wildman–Crippen LogP) is 2.81. The van der Waals surface area contributed by atoms with E-state index in [4.69, 9.17) is 5.73 Å². The molecule has 0 saturated heterocycles. The SMILES string of the molecule is NC1CCCc2c(Br)nc(-c3cccc(O)c3)n21. The molecule has 2 aromatic rings. The zero-order valence-corrected chi connectivity index (χ0v) is 11.4. The van der Waals surface area contributed by atoms with Crippen molar-refractivity contribution in [3.05, 3.63) is 34.6 Å². The maximum Gasteiger partial charge on any atom is 0.142 e. The summed E-state index contributed by atoms with van der Waals surface area (Å²) in [4.78, 5) is 4.54. The van der Waals surface area contributed by atoms with Crippen LogP contribution in [0, 0.1) is 0 Å². The van der Waals surface area contributed by atoms with Gasteiger partial charge in [0.2, 0.25) is 0 Å². The van der Waals surface area contributed by atoms with Crippen LogP contribution in [0.5, 0.6) is 5.75 Å². The first-order chi connectivity index (χ1) is 8.66. The quantitative estimate of drug-likeness (QED) is 0.851. The number of hydrogen-bond donors (Lipinski definition) is 2. The number of aromatic nitrogens is 2. The minimum atomic E-state index is -0.0371. The smallest absolute Gasteiger partial charge is 0.142 e. The summed E-state index contributed by atoms with van der Waals surface area (Å²) in [6.45, 7) is 0. The molecule has 0 aliphatic carbocycles. The van der Waals surface area contributed by atoms with Crippen molar-refractivity contribution in [3.8, 4) is 17.1 Å². The Morgan fingerprint density at radius 1 is 1.44 bits per heavy atom. The van der Waals surface area contributed by atoms with Gasteiger partial charge in [0.1, 0.15) is 16.2 Å². The summed E-state index contributed by atoms with van der Waals surface area (Å²) in [5, 5.41) is 9.57. The number of nitrogens with zero attached hydrogens (tertiary/aromatic N) is 2. The number of hydrogen-bond acceptors (Lipinski definition) is 3. The number of aromatic hydroxyl groups is 1. The number of rotatable bonds is 1. The van der Waals surface area contributed by atoms with E-state index in [1.54, 1.807) is 12.1 Å². The number of imidazole rings is 1. The molecule has 1 aromatic heterocycles. The molecule has 4 nitrogen and oxygen atoms in total. The minimum absolute atomic E-state index is 0.0371. The van der Waals surface area contributed by atoms with E-state index in [0.29, 0.717) is 0 Å². The van der Waals surface area contributed by atoms with E-state index in [0.717, 1.165) is 40.9 Å². The highest BCUT2D eigenvalue weighted by atomic mass is 79.9. The molecule has 1 aliphatic rings. The second kappa shape index (κ2) is 4.40. The van der Waals surface area contributed by atoms with E-state index in [1.807, 2.05) is 12.1 Å². The summed E-state index contributed by atoms with van der Waals surface area (Å²) in [5.41, 5.74) is 8.21. The third kappa shape index (κ3) is 1.83. The van der Waals surface area contributed by atoms with Crippen LogP contribution in [0.4, 0.5) is 0 Å². The van der Waals surface area contributed by atoms with Gasteiger partial charge in [-0.2, -0.15) is 0 Å². The molecule has 18 heavy (non-hydrogen) atoms. The van der Waals surface area contributed by atoms with Gasteiger partial charge >= 0.3 is 0 Å². The average Bonchev–Trinajstić information content (AvgIpc) is 2.69. The lowest BCUT2D eigenvalue weighted by atomic mass is 10.1. The summed E-state index contributed by atoms with van der Waals surface area (Å²) >= 11 is 3.50. The van der Waals surface area contributed by atoms with Crippen LogP contribution in [0.3, 0.4) is 0 Å². The molecular formula is C13H14BrN3O. The molecular weight excluding hydrogens is 294 g/mol. The zero-order chi connectivity index (χ0) is 12.7. The molecule has 0 spiro atoms. The van der Waals surface area contributed by atoms with Gasteiger partial charge in [0.05, 0.1) is 11.9 Å². The van der Waals surface area contributed by atoms with E-state index in [9.17, 15) is 5.11 Å². The summed E-state index contributed by atoms with van der Waals surface area (Å²) in [5.74, 6) is 1.06. The highest BCUT2D eigenvalue weighted by molar-refractivity contribution is 9.10. The summed E-state index contributed by atoms with van der Waals surface area (Å²) in [6.07, 6.45) is 3.00. The van der Waals surface area contributed by atoms with Crippen molar-refractivity contribution >= 4 is 15.9 Å². The first-order valence-corrected chi connectivity index (χ1v) is 6.77. The van der Waals surface area contributed by atoms with Gasteiger partial charge < -0.3 is 15.4 Å². The van der Waals surface area contributed by atoms with Crippen molar-refractivity contribution in [2.24, 2.45) is 5.73 Å². The van der Waals surface area contributed by atoms with Crippen molar-refractivity contribution in [3.63, 3.8) is 0 Å². The topological polar surface area (TPSA) is 64.1 Å². The standard InChI is InChI=1S/C13H14BrN3O/c14-12-10-5-2-6-11(15)17(10)13(16-12)8-3-1-4-9(18)7-8/h1,3-4,7,11,18H,2,5-6,15H2. The number of phenols is 1. The number of phenolic OH excluding ortho intramolecular Hbond substituents is 1. The Bertz CT molecular complexity index is 594. The lowest BCUT2D eigenvalue weighted by Gasteiger charge is -2.24. The lowest BCUT2D eigenvalue weighted by molar-refractivity contribution is 0.417. The van der Waals surface area contributed by atoms with Crippen LogP contribution >= 0.6 is 15.9 Å². The van der Waals surface area contributed by atoms with Crippen LogP contribution in [0.2, 0.25) is 0 Å². The molecule has 0 fully saturated rings. The van der Waals surface area contributed by atoms with E-state index in [-0.39, 0.29) is 11.9 Å². The van der Waals surface area contributed by atoms with Crippen molar-refractivity contribution in [2.75, 3.05) is 0 Å². The molecule has 0 radical (unpaired) electrons. The second-order valence-electron chi connectivity index (χ2n) is 4.55. The first-order valence-electron chi connectivity index (χ1n) is 5.98. The molecule has 0 bridgehead atoms. The van der Waals surface area contributed by atoms with E-state index >= 15 is 0 Å². The fraction of sp³-hybridized carbons (Fsp3) is 0.308. The maximum absolute atomic E-state index is 9.57. The van der Waals surface area contributed by atoms with E-state index < -0.39 is 0 Å². The van der Waals surface area contributed by atoms with Gasteiger partial charge in [-0.25, -0.2) is 4.98 Å². The third-order valence-electron chi connectivity index (χ3n) is 3.31. The van der Waals surface area contributed by atoms with Gasteiger partial charge in [-0.05, 0) is 47.3 Å². The number of halogens is 1. The Balaban J connectivity index is 2.18. The van der Waals surface area contributed by atoms with Crippen LogP contribution in [0.25, 0.3) is 11.4 Å². The molecule has 1 unspecified atom stereocenters. The van der Waals surface area contributed by atoms with Crippen molar-refractivity contribution in [1.82, 2.24) is 9.55 Å². The highest BCUT2D eigenvalue weighted by Gasteiger charge is 2.24. The van der Waals surface area contributed by atoms with Crippen molar-refractivity contribution in [2.45, 2.75) is 25.4 Å². The molecule has 2 heterocycles. The van der Waals surface area contributed by atoms with Crippen molar-refractivity contribution < 1.29 is 5.11 Å². The van der Waals surface area contributed by atoms with Crippen LogP contribution in [0.1, 0.15) is 24.7 Å². The molecule has 1 atom stereocenters. The molecule has 0 saturated carbocycles. The van der Waals surface area contributed by atoms with E-state index in [2.05, 4.69) is 25.5 Å². The van der Waals surface area contributed by atoms with Crippen molar-refractivity contribution in [1.29, 1.82) is 0 Å². The Labute approximate surface area is 114 Å². The van der Waals surface area contributed by atoms with Crippen LogP contribution < -0.4 is 5.73 Å². The molecule has 0 amide bonds. The van der Waals surface area contributed by atoms with Gasteiger partial charge in [0.25, 0.3) is 0 Å². The monoisotopic (exact) mass is 307 g/mol. The molecule has 1 aromatic carbocycles. The summed E-state index contributed by atoms with van der Waals surface area (Å²) in [7, 11) is 0. The summed E-state index contributed by atoms with van der Waals surface area (Å²) < 4.78 is 2.93. The molecule has 5 heteroatoms. The van der Waals surface area contributed by atoms with Gasteiger partial charge in [-0.3, -0.25) is 0 Å². The largest absolute Gasteiger partial charge is 0.508 e. The maximum atomic E-state index is 9.57. The van der Waals surface area contributed by atoms with E-state index in [1.165, 1.54) is 0 Å². The van der Waals surface area contributed by atoms with Crippen LogP contribution in [0.15, 0.2) is 28.9 Å². The zero-order valence-electron chi connectivity index (χ0n) is 9.81. The fourth-order valence-corrected chi connectivity index (χ4v) is 3.03. The Kier molecular flexibility index (Phi) is 2.87. The average molecular weight is 308 g/mol. The van der Waals surface area contributed by atoms with Gasteiger partial charge in [0, 0.05) is 5.56 Å². The number of benzene rings is 1. The highest BCUT2D eigenvalue weighted by Crippen LogP contribution is 2.34. The minimum Gasteiger partial charge on any atom is -0.508 e. The normalized spacial score (nSPS) is 18.7. The predicted molar refractivity (Wildman–Crippen MR) is 73.2 cm³/mol. The van der Waals surface area contributed by atoms with Crippen LogP contribution in [-0.2, 0) is 6.42 Å². The Hall–Kier alpha value is -1.33. The second-order valence-corrected chi connectivity index (χ2v) is 5.30. The number of nitrogens with two attached hydrogens (primary N) is 1. The third-order valence-corrected chi connectivity index (χ3v) is 3.95. The van der Waals surface area contributed by atoms with Gasteiger partial charge in [-0.15, -0.1) is 0 Å². The molecule has 1 aliphatic heterocycles. The molecule has 3 rings (SSSR count). The lowest BCUT2D eigenvalue weighted by Crippen LogP contribution is -2.25.